The molecule has 0 amide bonds. The zero-order valence-corrected chi connectivity index (χ0v) is 12.8. The van der Waals surface area contributed by atoms with Crippen LogP contribution in [0.1, 0.15) is 56.0 Å². The van der Waals surface area contributed by atoms with Crippen molar-refractivity contribution in [3.05, 3.63) is 17.7 Å². The van der Waals surface area contributed by atoms with E-state index in [4.69, 9.17) is 0 Å². The Labute approximate surface area is 120 Å². The highest BCUT2D eigenvalue weighted by molar-refractivity contribution is 7.89. The van der Waals surface area contributed by atoms with Crippen LogP contribution in [0, 0.1) is 6.92 Å². The number of aryl methyl sites for hydroxylation is 1. The molecule has 1 aromatic rings. The quantitative estimate of drug-likeness (QED) is 0.930. The van der Waals surface area contributed by atoms with E-state index in [1.807, 2.05) is 13.1 Å². The van der Waals surface area contributed by atoms with Gasteiger partial charge in [0.15, 0.2) is 0 Å². The molecule has 20 heavy (non-hydrogen) atoms. The van der Waals surface area contributed by atoms with Gasteiger partial charge < -0.3 is 4.98 Å². The van der Waals surface area contributed by atoms with Crippen molar-refractivity contribution in [1.82, 2.24) is 14.3 Å². The molecule has 1 aliphatic heterocycles. The number of aromatic nitrogens is 2. The normalized spacial score (nSPS) is 26.1. The molecule has 0 unspecified atom stereocenters. The lowest BCUT2D eigenvalue weighted by Gasteiger charge is -2.32. The third-order valence-corrected chi connectivity index (χ3v) is 6.94. The van der Waals surface area contributed by atoms with Gasteiger partial charge in [-0.3, -0.25) is 0 Å². The lowest BCUT2D eigenvalue weighted by Crippen LogP contribution is -2.43. The van der Waals surface area contributed by atoms with E-state index in [1.165, 1.54) is 0 Å². The van der Waals surface area contributed by atoms with Crippen LogP contribution in [0.4, 0.5) is 0 Å². The predicted molar refractivity (Wildman–Crippen MR) is 78.0 cm³/mol. The van der Waals surface area contributed by atoms with Crippen LogP contribution in [-0.2, 0) is 10.0 Å². The smallest absolute Gasteiger partial charge is 0.217 e. The van der Waals surface area contributed by atoms with E-state index >= 15 is 0 Å². The molecular weight excluding hydrogens is 274 g/mol. The van der Waals surface area contributed by atoms with Crippen LogP contribution in [-0.4, -0.2) is 41.0 Å². The predicted octanol–water partition coefficient (Wildman–Crippen LogP) is 2.17. The summed E-state index contributed by atoms with van der Waals surface area (Å²) in [5.74, 6) is 1.16. The summed E-state index contributed by atoms with van der Waals surface area (Å²) < 4.78 is 27.0. The first kappa shape index (κ1) is 14.1. The summed E-state index contributed by atoms with van der Waals surface area (Å²) in [7, 11) is -3.10. The van der Waals surface area contributed by atoms with Gasteiger partial charge in [0.1, 0.15) is 5.82 Å². The van der Waals surface area contributed by atoms with Gasteiger partial charge in [-0.25, -0.2) is 17.7 Å². The fourth-order valence-corrected chi connectivity index (χ4v) is 5.56. The minimum absolute atomic E-state index is 0.139. The Kier molecular flexibility index (Phi) is 3.86. The average molecular weight is 297 g/mol. The molecular formula is C14H23N3O2S. The number of rotatable bonds is 3. The zero-order valence-electron chi connectivity index (χ0n) is 12.0. The Morgan fingerprint density at radius 1 is 1.25 bits per heavy atom. The number of hydrogen-bond donors (Lipinski definition) is 1. The van der Waals surface area contributed by atoms with Gasteiger partial charge >= 0.3 is 0 Å². The van der Waals surface area contributed by atoms with Crippen molar-refractivity contribution in [2.24, 2.45) is 0 Å². The molecule has 0 radical (unpaired) electrons. The highest BCUT2D eigenvalue weighted by Gasteiger charge is 2.37. The van der Waals surface area contributed by atoms with Crippen LogP contribution in [0.5, 0.6) is 0 Å². The standard InChI is InChI=1S/C14H23N3O2S/c1-11-9-15-14(16-11)12-5-4-8-17(10-12)20(18,19)13-6-2-3-7-13/h9,12-13H,2-8,10H2,1H3,(H,15,16)/t12-/m1/s1. The van der Waals surface area contributed by atoms with Crippen molar-refractivity contribution in [3.8, 4) is 0 Å². The number of H-pyrrole nitrogens is 1. The van der Waals surface area contributed by atoms with Crippen molar-refractivity contribution in [3.63, 3.8) is 0 Å². The summed E-state index contributed by atoms with van der Waals surface area (Å²) >= 11 is 0. The number of imidazole rings is 1. The number of hydrogen-bond acceptors (Lipinski definition) is 3. The maximum atomic E-state index is 12.7. The first-order valence-corrected chi connectivity index (χ1v) is 9.08. The zero-order chi connectivity index (χ0) is 14.2. The van der Waals surface area contributed by atoms with E-state index < -0.39 is 10.0 Å². The van der Waals surface area contributed by atoms with E-state index in [-0.39, 0.29) is 11.2 Å². The Morgan fingerprint density at radius 2 is 2.00 bits per heavy atom. The molecule has 0 spiro atoms. The van der Waals surface area contributed by atoms with Gasteiger partial charge in [0.2, 0.25) is 10.0 Å². The lowest BCUT2D eigenvalue weighted by atomic mass is 9.99. The molecule has 1 N–H and O–H groups in total. The fraction of sp³-hybridized carbons (Fsp3) is 0.786. The monoisotopic (exact) mass is 297 g/mol. The number of nitrogens with one attached hydrogen (secondary N) is 1. The van der Waals surface area contributed by atoms with Crippen LogP contribution < -0.4 is 0 Å². The van der Waals surface area contributed by atoms with Crippen LogP contribution in [0.15, 0.2) is 6.20 Å². The van der Waals surface area contributed by atoms with Gasteiger partial charge in [0.05, 0.1) is 5.25 Å². The number of aromatic amines is 1. The molecule has 0 aromatic carbocycles. The maximum Gasteiger partial charge on any atom is 0.217 e. The molecule has 112 valence electrons. The topological polar surface area (TPSA) is 66.1 Å². The van der Waals surface area contributed by atoms with Crippen LogP contribution in [0.25, 0.3) is 0 Å². The molecule has 6 heteroatoms. The molecule has 2 aliphatic rings. The summed E-state index contributed by atoms with van der Waals surface area (Å²) in [6, 6.07) is 0. The molecule has 2 fully saturated rings. The average Bonchev–Trinajstić information content (AvgIpc) is 3.10. The first-order valence-electron chi connectivity index (χ1n) is 7.58. The molecule has 1 aliphatic carbocycles. The Bertz CT molecular complexity index is 561. The minimum Gasteiger partial charge on any atom is -0.346 e. The second-order valence-electron chi connectivity index (χ2n) is 6.10. The Morgan fingerprint density at radius 3 is 2.65 bits per heavy atom. The van der Waals surface area contributed by atoms with Crippen molar-refractivity contribution < 1.29 is 8.42 Å². The van der Waals surface area contributed by atoms with E-state index in [0.717, 1.165) is 50.0 Å². The van der Waals surface area contributed by atoms with Gasteiger partial charge in [0, 0.05) is 30.9 Å². The van der Waals surface area contributed by atoms with Gasteiger partial charge in [-0.2, -0.15) is 0 Å². The SMILES string of the molecule is Cc1cnc([C@@H]2CCCN(S(=O)(=O)C3CCCC3)C2)[nH]1. The van der Waals surface area contributed by atoms with Crippen molar-refractivity contribution in [2.45, 2.75) is 56.6 Å². The Hall–Kier alpha value is -0.880. The maximum absolute atomic E-state index is 12.7. The first-order chi connectivity index (χ1) is 9.57. The van der Waals surface area contributed by atoms with Crippen LogP contribution >= 0.6 is 0 Å². The van der Waals surface area contributed by atoms with Crippen molar-refractivity contribution >= 4 is 10.0 Å². The summed E-state index contributed by atoms with van der Waals surface area (Å²) in [4.78, 5) is 7.63. The molecule has 1 aromatic heterocycles. The largest absolute Gasteiger partial charge is 0.346 e. The lowest BCUT2D eigenvalue weighted by molar-refractivity contribution is 0.306. The van der Waals surface area contributed by atoms with Crippen molar-refractivity contribution in [1.29, 1.82) is 0 Å². The van der Waals surface area contributed by atoms with Gasteiger partial charge in [-0.1, -0.05) is 12.8 Å². The molecule has 1 saturated heterocycles. The second kappa shape index (κ2) is 5.48. The van der Waals surface area contributed by atoms with E-state index in [2.05, 4.69) is 9.97 Å². The second-order valence-corrected chi connectivity index (χ2v) is 8.31. The molecule has 1 atom stereocenters. The van der Waals surface area contributed by atoms with E-state index in [0.29, 0.717) is 13.1 Å². The van der Waals surface area contributed by atoms with Crippen molar-refractivity contribution in [2.75, 3.05) is 13.1 Å². The third-order valence-electron chi connectivity index (χ3n) is 4.58. The molecule has 0 bridgehead atoms. The fourth-order valence-electron chi connectivity index (χ4n) is 3.43. The van der Waals surface area contributed by atoms with E-state index in [1.54, 1.807) is 4.31 Å². The number of nitrogens with zero attached hydrogens (tertiary/aromatic N) is 2. The summed E-state index contributed by atoms with van der Waals surface area (Å²) in [5.41, 5.74) is 1.04. The van der Waals surface area contributed by atoms with Gasteiger partial charge in [-0.15, -0.1) is 0 Å². The highest BCUT2D eigenvalue weighted by atomic mass is 32.2. The van der Waals surface area contributed by atoms with Crippen LogP contribution in [0.3, 0.4) is 0 Å². The Balaban J connectivity index is 1.74. The number of piperidine rings is 1. The molecule has 5 nitrogen and oxygen atoms in total. The highest BCUT2D eigenvalue weighted by Crippen LogP contribution is 2.32. The summed E-state index contributed by atoms with van der Waals surface area (Å²) in [6.07, 6.45) is 7.55. The molecule has 3 rings (SSSR count). The van der Waals surface area contributed by atoms with Crippen LogP contribution in [0.2, 0.25) is 0 Å². The third kappa shape index (κ3) is 2.63. The van der Waals surface area contributed by atoms with Gasteiger partial charge in [0.25, 0.3) is 0 Å². The minimum atomic E-state index is -3.10. The summed E-state index contributed by atoms with van der Waals surface area (Å²) in [5, 5.41) is -0.139. The summed E-state index contributed by atoms with van der Waals surface area (Å²) in [6.45, 7) is 3.24. The molecule has 2 heterocycles. The van der Waals surface area contributed by atoms with Gasteiger partial charge in [-0.05, 0) is 32.6 Å². The van der Waals surface area contributed by atoms with E-state index in [9.17, 15) is 8.42 Å². The number of sulfonamides is 1. The molecule has 1 saturated carbocycles.